The highest BCUT2D eigenvalue weighted by atomic mass is 35.5. The molecule has 0 unspecified atom stereocenters. The van der Waals surface area contributed by atoms with E-state index in [9.17, 15) is 4.79 Å². The number of methoxy groups -OCH3 is 1. The van der Waals surface area contributed by atoms with Crippen molar-refractivity contribution in [2.75, 3.05) is 7.11 Å². The number of H-pyrrole nitrogens is 1. The summed E-state index contributed by atoms with van der Waals surface area (Å²) in [5.41, 5.74) is 5.78. The maximum absolute atomic E-state index is 13.4. The fraction of sp³-hybridized carbons (Fsp3) is 0.133. The SMILES string of the molecule is COc1ccc2[nH]cc(CC(=O)N[C@@H](Cc3ccccc3)c3ncccc3-c3ccc(Cl)cc3)c2c1. The van der Waals surface area contributed by atoms with E-state index in [0.717, 1.165) is 44.6 Å². The molecule has 3 aromatic carbocycles. The van der Waals surface area contributed by atoms with E-state index < -0.39 is 0 Å². The Balaban J connectivity index is 1.46. The van der Waals surface area contributed by atoms with Crippen LogP contribution < -0.4 is 10.1 Å². The lowest BCUT2D eigenvalue weighted by Gasteiger charge is -2.21. The van der Waals surface area contributed by atoms with Gasteiger partial charge in [0.1, 0.15) is 5.75 Å². The van der Waals surface area contributed by atoms with E-state index in [2.05, 4.69) is 22.4 Å². The molecule has 2 aromatic heterocycles. The van der Waals surface area contributed by atoms with Crippen LogP contribution >= 0.6 is 11.6 Å². The van der Waals surface area contributed by atoms with Crippen molar-refractivity contribution in [1.82, 2.24) is 15.3 Å². The van der Waals surface area contributed by atoms with Gasteiger partial charge in [0.25, 0.3) is 0 Å². The Morgan fingerprint density at radius 1 is 1.03 bits per heavy atom. The van der Waals surface area contributed by atoms with E-state index in [0.29, 0.717) is 11.4 Å². The lowest BCUT2D eigenvalue weighted by atomic mass is 9.95. The molecule has 5 aromatic rings. The number of ether oxygens (including phenoxy) is 1. The quantitative estimate of drug-likeness (QED) is 0.257. The topological polar surface area (TPSA) is 67.0 Å². The van der Waals surface area contributed by atoms with Crippen molar-refractivity contribution in [2.24, 2.45) is 0 Å². The Morgan fingerprint density at radius 2 is 1.83 bits per heavy atom. The van der Waals surface area contributed by atoms with Gasteiger partial charge in [0.05, 0.1) is 25.3 Å². The number of hydrogen-bond acceptors (Lipinski definition) is 3. The molecule has 0 aliphatic carbocycles. The molecule has 0 bridgehead atoms. The Hall–Kier alpha value is -4.09. The van der Waals surface area contributed by atoms with Gasteiger partial charge >= 0.3 is 0 Å². The van der Waals surface area contributed by atoms with Gasteiger partial charge < -0.3 is 15.0 Å². The van der Waals surface area contributed by atoms with Crippen LogP contribution in [0.1, 0.15) is 22.9 Å². The number of nitrogens with zero attached hydrogens (tertiary/aromatic N) is 1. The highest BCUT2D eigenvalue weighted by Crippen LogP contribution is 2.30. The third kappa shape index (κ3) is 5.26. The van der Waals surface area contributed by atoms with Crippen LogP contribution in [0, 0.1) is 0 Å². The summed E-state index contributed by atoms with van der Waals surface area (Å²) >= 11 is 6.12. The average Bonchev–Trinajstić information content (AvgIpc) is 3.31. The summed E-state index contributed by atoms with van der Waals surface area (Å²) in [5.74, 6) is 0.680. The molecule has 6 heteroatoms. The monoisotopic (exact) mass is 495 g/mol. The van der Waals surface area contributed by atoms with E-state index in [1.165, 1.54) is 0 Å². The first-order valence-electron chi connectivity index (χ1n) is 11.8. The number of pyridine rings is 1. The second kappa shape index (κ2) is 10.7. The molecule has 0 saturated carbocycles. The molecule has 5 rings (SSSR count). The van der Waals surface area contributed by atoms with Crippen LogP contribution in [0.5, 0.6) is 5.75 Å². The summed E-state index contributed by atoms with van der Waals surface area (Å²) in [6.07, 6.45) is 4.51. The molecule has 36 heavy (non-hydrogen) atoms. The number of carbonyl (C=O) groups excluding carboxylic acids is 1. The Bertz CT molecular complexity index is 1480. The second-order valence-electron chi connectivity index (χ2n) is 8.66. The molecule has 2 N–H and O–H groups in total. The van der Waals surface area contributed by atoms with Crippen molar-refractivity contribution in [3.63, 3.8) is 0 Å². The molecular formula is C30H26ClN3O2. The molecular weight excluding hydrogens is 470 g/mol. The van der Waals surface area contributed by atoms with E-state index >= 15 is 0 Å². The van der Waals surface area contributed by atoms with Gasteiger partial charge in [-0.2, -0.15) is 0 Å². The van der Waals surface area contributed by atoms with E-state index in [1.54, 1.807) is 13.3 Å². The van der Waals surface area contributed by atoms with Gasteiger partial charge in [-0.15, -0.1) is 0 Å². The molecule has 1 amide bonds. The van der Waals surface area contributed by atoms with Crippen LogP contribution in [0.25, 0.3) is 22.0 Å². The molecule has 5 nitrogen and oxygen atoms in total. The third-order valence-corrected chi connectivity index (χ3v) is 6.52. The maximum atomic E-state index is 13.4. The zero-order valence-corrected chi connectivity index (χ0v) is 20.6. The van der Waals surface area contributed by atoms with Gasteiger partial charge in [0.2, 0.25) is 5.91 Å². The minimum absolute atomic E-state index is 0.0765. The lowest BCUT2D eigenvalue weighted by molar-refractivity contribution is -0.121. The van der Waals surface area contributed by atoms with Gasteiger partial charge in [0.15, 0.2) is 0 Å². The lowest BCUT2D eigenvalue weighted by Crippen LogP contribution is -2.32. The molecule has 0 fully saturated rings. The van der Waals surface area contributed by atoms with Crippen LogP contribution in [-0.2, 0) is 17.6 Å². The number of amides is 1. The van der Waals surface area contributed by atoms with Gasteiger partial charge in [-0.25, -0.2) is 0 Å². The predicted molar refractivity (Wildman–Crippen MR) is 144 cm³/mol. The zero-order chi connectivity index (χ0) is 24.9. The molecule has 1 atom stereocenters. The first-order chi connectivity index (χ1) is 17.6. The third-order valence-electron chi connectivity index (χ3n) is 6.27. The van der Waals surface area contributed by atoms with Crippen molar-refractivity contribution < 1.29 is 9.53 Å². The summed E-state index contributed by atoms with van der Waals surface area (Å²) in [5, 5.41) is 4.91. The van der Waals surface area contributed by atoms with Crippen LogP contribution in [-0.4, -0.2) is 23.0 Å². The average molecular weight is 496 g/mol. The minimum Gasteiger partial charge on any atom is -0.497 e. The van der Waals surface area contributed by atoms with Crippen molar-refractivity contribution >= 4 is 28.4 Å². The van der Waals surface area contributed by atoms with Crippen molar-refractivity contribution in [1.29, 1.82) is 0 Å². The Morgan fingerprint density at radius 3 is 2.61 bits per heavy atom. The van der Waals surface area contributed by atoms with Crippen LogP contribution in [0.4, 0.5) is 0 Å². The van der Waals surface area contributed by atoms with Crippen LogP contribution in [0.15, 0.2) is 97.3 Å². The number of fused-ring (bicyclic) bond motifs is 1. The fourth-order valence-electron chi connectivity index (χ4n) is 4.48. The van der Waals surface area contributed by atoms with Gasteiger partial charge in [-0.05, 0) is 59.5 Å². The molecule has 2 heterocycles. The summed E-state index contributed by atoms with van der Waals surface area (Å²) < 4.78 is 5.37. The van der Waals surface area contributed by atoms with Crippen molar-refractivity contribution in [3.8, 4) is 16.9 Å². The van der Waals surface area contributed by atoms with Gasteiger partial charge in [-0.3, -0.25) is 9.78 Å². The number of hydrogen-bond donors (Lipinski definition) is 2. The number of nitrogens with one attached hydrogen (secondary N) is 2. The Labute approximate surface area is 215 Å². The van der Waals surface area contributed by atoms with Crippen molar-refractivity contribution in [3.05, 3.63) is 119 Å². The molecule has 0 aliphatic rings. The van der Waals surface area contributed by atoms with Gasteiger partial charge in [0, 0.05) is 33.9 Å². The second-order valence-corrected chi connectivity index (χ2v) is 9.09. The molecule has 0 radical (unpaired) electrons. The molecule has 180 valence electrons. The predicted octanol–water partition coefficient (Wildman–Crippen LogP) is 6.53. The van der Waals surface area contributed by atoms with E-state index in [4.69, 9.17) is 21.3 Å². The number of carbonyl (C=O) groups is 1. The molecule has 0 aliphatic heterocycles. The maximum Gasteiger partial charge on any atom is 0.225 e. The standard InChI is InChI=1S/C30H26ClN3O2/c1-36-24-13-14-27-26(18-24)22(19-33-27)17-29(35)34-28(16-20-6-3-2-4-7-20)30-25(8-5-15-32-30)21-9-11-23(31)12-10-21/h2-15,18-19,28,33H,16-17H2,1H3,(H,34,35)/t28-/m0/s1. The minimum atomic E-state index is -0.313. The highest BCUT2D eigenvalue weighted by molar-refractivity contribution is 6.30. The first kappa shape index (κ1) is 23.6. The molecule has 0 saturated heterocycles. The smallest absolute Gasteiger partial charge is 0.225 e. The van der Waals surface area contributed by atoms with Crippen LogP contribution in [0.2, 0.25) is 5.02 Å². The van der Waals surface area contributed by atoms with Crippen LogP contribution in [0.3, 0.4) is 0 Å². The summed E-state index contributed by atoms with van der Waals surface area (Å²) in [6.45, 7) is 0. The number of halogens is 1. The summed E-state index contributed by atoms with van der Waals surface area (Å²) in [6, 6.07) is 27.3. The number of rotatable bonds is 8. The zero-order valence-electron chi connectivity index (χ0n) is 19.9. The Kier molecular flexibility index (Phi) is 7.01. The van der Waals surface area contributed by atoms with E-state index in [1.807, 2.05) is 79.0 Å². The summed E-state index contributed by atoms with van der Waals surface area (Å²) in [4.78, 5) is 21.3. The van der Waals surface area contributed by atoms with E-state index in [-0.39, 0.29) is 18.4 Å². The number of aromatic nitrogens is 2. The highest BCUT2D eigenvalue weighted by Gasteiger charge is 2.21. The van der Waals surface area contributed by atoms with Crippen molar-refractivity contribution in [2.45, 2.75) is 18.9 Å². The normalized spacial score (nSPS) is 11.8. The van der Waals surface area contributed by atoms with Gasteiger partial charge in [-0.1, -0.05) is 60.1 Å². The first-order valence-corrected chi connectivity index (χ1v) is 12.2. The number of benzene rings is 3. The fourth-order valence-corrected chi connectivity index (χ4v) is 4.61. The summed E-state index contributed by atoms with van der Waals surface area (Å²) in [7, 11) is 1.64. The molecule has 0 spiro atoms. The largest absolute Gasteiger partial charge is 0.497 e. The number of aromatic amines is 1.